The summed E-state index contributed by atoms with van der Waals surface area (Å²) in [6.07, 6.45) is 0. The predicted octanol–water partition coefficient (Wildman–Crippen LogP) is 3.68. The third kappa shape index (κ3) is 1.89. The van der Waals surface area contributed by atoms with Crippen molar-refractivity contribution in [2.24, 2.45) is 0 Å². The van der Waals surface area contributed by atoms with Crippen LogP contribution in [0.2, 0.25) is 5.02 Å². The van der Waals surface area contributed by atoms with Crippen molar-refractivity contribution in [2.75, 3.05) is 0 Å². The molecule has 0 heterocycles. The number of carboxylic acid groups (broad SMARTS) is 1. The Morgan fingerprint density at radius 2 is 2.06 bits per heavy atom. The summed E-state index contributed by atoms with van der Waals surface area (Å²) in [5, 5.41) is 11.6. The molecule has 1 N–H and O–H groups in total. The first-order chi connectivity index (χ1) is 7.59. The third-order valence-electron chi connectivity index (χ3n) is 2.71. The average Bonchev–Trinajstić information content (AvgIpc) is 2.26. The SMILES string of the molecule is CC(C(=O)O)c1cccc2cc(Cl)ccc12. The van der Waals surface area contributed by atoms with Crippen LogP contribution in [0.3, 0.4) is 0 Å². The van der Waals surface area contributed by atoms with Crippen LogP contribution in [0.4, 0.5) is 0 Å². The van der Waals surface area contributed by atoms with Crippen molar-refractivity contribution in [1.82, 2.24) is 0 Å². The van der Waals surface area contributed by atoms with E-state index in [2.05, 4.69) is 0 Å². The Morgan fingerprint density at radius 1 is 1.31 bits per heavy atom. The standard InChI is InChI=1S/C13H11ClO2/c1-8(13(15)16)11-4-2-3-9-7-10(14)5-6-12(9)11/h2-8H,1H3,(H,15,16). The first-order valence-corrected chi connectivity index (χ1v) is 5.38. The van der Waals surface area contributed by atoms with E-state index in [1.54, 1.807) is 13.0 Å². The highest BCUT2D eigenvalue weighted by molar-refractivity contribution is 6.31. The van der Waals surface area contributed by atoms with Gasteiger partial charge >= 0.3 is 5.97 Å². The fourth-order valence-corrected chi connectivity index (χ4v) is 1.97. The molecule has 1 atom stereocenters. The van der Waals surface area contributed by atoms with Crippen LogP contribution in [0, 0.1) is 0 Å². The maximum Gasteiger partial charge on any atom is 0.310 e. The van der Waals surface area contributed by atoms with Crippen LogP contribution >= 0.6 is 11.6 Å². The third-order valence-corrected chi connectivity index (χ3v) is 2.95. The fourth-order valence-electron chi connectivity index (χ4n) is 1.79. The molecule has 0 saturated carbocycles. The summed E-state index contributed by atoms with van der Waals surface area (Å²) < 4.78 is 0. The minimum atomic E-state index is -0.817. The van der Waals surface area contributed by atoms with E-state index >= 15 is 0 Å². The molecule has 2 nitrogen and oxygen atoms in total. The molecule has 0 bridgehead atoms. The van der Waals surface area contributed by atoms with Gasteiger partial charge in [-0.05, 0) is 35.4 Å². The minimum Gasteiger partial charge on any atom is -0.481 e. The highest BCUT2D eigenvalue weighted by atomic mass is 35.5. The van der Waals surface area contributed by atoms with E-state index in [-0.39, 0.29) is 0 Å². The van der Waals surface area contributed by atoms with Gasteiger partial charge in [-0.15, -0.1) is 0 Å². The van der Waals surface area contributed by atoms with Crippen LogP contribution < -0.4 is 0 Å². The highest BCUT2D eigenvalue weighted by Gasteiger charge is 2.15. The van der Waals surface area contributed by atoms with Crippen LogP contribution in [-0.4, -0.2) is 11.1 Å². The smallest absolute Gasteiger partial charge is 0.310 e. The molecule has 2 rings (SSSR count). The Bertz CT molecular complexity index is 549. The Labute approximate surface area is 98.5 Å². The van der Waals surface area contributed by atoms with Crippen molar-refractivity contribution in [3.8, 4) is 0 Å². The van der Waals surface area contributed by atoms with Crippen LogP contribution in [0.1, 0.15) is 18.4 Å². The summed E-state index contributed by atoms with van der Waals surface area (Å²) in [6.45, 7) is 1.69. The number of fused-ring (bicyclic) bond motifs is 1. The normalized spacial score (nSPS) is 12.6. The van der Waals surface area contributed by atoms with E-state index in [4.69, 9.17) is 16.7 Å². The molecule has 0 aliphatic carbocycles. The van der Waals surface area contributed by atoms with Gasteiger partial charge < -0.3 is 5.11 Å². The van der Waals surface area contributed by atoms with Crippen molar-refractivity contribution >= 4 is 28.3 Å². The van der Waals surface area contributed by atoms with Gasteiger partial charge in [-0.3, -0.25) is 4.79 Å². The summed E-state index contributed by atoms with van der Waals surface area (Å²) in [5.41, 5.74) is 0.821. The molecule has 3 heteroatoms. The second-order valence-electron chi connectivity index (χ2n) is 3.77. The summed E-state index contributed by atoms with van der Waals surface area (Å²) in [7, 11) is 0. The van der Waals surface area contributed by atoms with Gasteiger partial charge in [0.25, 0.3) is 0 Å². The Morgan fingerprint density at radius 3 is 2.75 bits per heavy atom. The zero-order chi connectivity index (χ0) is 11.7. The molecular formula is C13H11ClO2. The van der Waals surface area contributed by atoms with Gasteiger partial charge in [0, 0.05) is 5.02 Å². The van der Waals surface area contributed by atoms with Gasteiger partial charge in [-0.2, -0.15) is 0 Å². The van der Waals surface area contributed by atoms with Gasteiger partial charge in [0.05, 0.1) is 5.92 Å². The number of benzene rings is 2. The number of carboxylic acids is 1. The highest BCUT2D eigenvalue weighted by Crippen LogP contribution is 2.27. The Kier molecular flexibility index (Phi) is 2.84. The summed E-state index contributed by atoms with van der Waals surface area (Å²) in [6, 6.07) is 11.1. The van der Waals surface area contributed by atoms with Gasteiger partial charge in [0.1, 0.15) is 0 Å². The molecule has 0 radical (unpaired) electrons. The van der Waals surface area contributed by atoms with Crippen molar-refractivity contribution in [1.29, 1.82) is 0 Å². The Hall–Kier alpha value is -1.54. The number of carbonyl (C=O) groups is 1. The number of hydrogen-bond donors (Lipinski definition) is 1. The van der Waals surface area contributed by atoms with E-state index < -0.39 is 11.9 Å². The van der Waals surface area contributed by atoms with Crippen LogP contribution in [0.5, 0.6) is 0 Å². The number of aliphatic carboxylic acids is 1. The molecule has 2 aromatic rings. The van der Waals surface area contributed by atoms with E-state index in [0.29, 0.717) is 5.02 Å². The van der Waals surface area contributed by atoms with Crippen molar-refractivity contribution in [3.63, 3.8) is 0 Å². The molecule has 0 aliphatic heterocycles. The van der Waals surface area contributed by atoms with Gasteiger partial charge in [-0.25, -0.2) is 0 Å². The number of halogens is 1. The monoisotopic (exact) mass is 234 g/mol. The van der Waals surface area contributed by atoms with E-state index in [1.165, 1.54) is 0 Å². The van der Waals surface area contributed by atoms with E-state index in [0.717, 1.165) is 16.3 Å². The molecular weight excluding hydrogens is 224 g/mol. The van der Waals surface area contributed by atoms with Gasteiger partial charge in [0.2, 0.25) is 0 Å². The molecule has 2 aromatic carbocycles. The van der Waals surface area contributed by atoms with E-state index in [9.17, 15) is 4.79 Å². The first kappa shape index (κ1) is 11.0. The first-order valence-electron chi connectivity index (χ1n) is 5.00. The largest absolute Gasteiger partial charge is 0.481 e. The fraction of sp³-hybridized carbons (Fsp3) is 0.154. The minimum absolute atomic E-state index is 0.509. The molecule has 16 heavy (non-hydrogen) atoms. The zero-order valence-corrected chi connectivity index (χ0v) is 9.53. The predicted molar refractivity (Wildman–Crippen MR) is 65.0 cm³/mol. The summed E-state index contributed by atoms with van der Waals surface area (Å²) in [4.78, 5) is 11.0. The lowest BCUT2D eigenvalue weighted by atomic mass is 9.95. The average molecular weight is 235 g/mol. The van der Waals surface area contributed by atoms with Crippen molar-refractivity contribution in [3.05, 3.63) is 47.0 Å². The second kappa shape index (κ2) is 4.14. The van der Waals surface area contributed by atoms with Gasteiger partial charge in [-0.1, -0.05) is 35.9 Å². The van der Waals surface area contributed by atoms with Gasteiger partial charge in [0.15, 0.2) is 0 Å². The van der Waals surface area contributed by atoms with E-state index in [1.807, 2.05) is 30.3 Å². The zero-order valence-electron chi connectivity index (χ0n) is 8.77. The molecule has 0 saturated heterocycles. The lowest BCUT2D eigenvalue weighted by molar-refractivity contribution is -0.138. The van der Waals surface area contributed by atoms with Crippen molar-refractivity contribution < 1.29 is 9.90 Å². The van der Waals surface area contributed by atoms with Crippen molar-refractivity contribution in [2.45, 2.75) is 12.8 Å². The Balaban J connectivity index is 2.66. The topological polar surface area (TPSA) is 37.3 Å². The molecule has 0 aromatic heterocycles. The molecule has 0 amide bonds. The lowest BCUT2D eigenvalue weighted by Crippen LogP contribution is -2.07. The number of rotatable bonds is 2. The second-order valence-corrected chi connectivity index (χ2v) is 4.21. The molecule has 1 unspecified atom stereocenters. The van der Waals surface area contributed by atoms with Crippen LogP contribution in [0.15, 0.2) is 36.4 Å². The molecule has 0 fully saturated rings. The summed E-state index contributed by atoms with van der Waals surface area (Å²) in [5.74, 6) is -1.33. The van der Waals surface area contributed by atoms with Crippen LogP contribution in [0.25, 0.3) is 10.8 Å². The molecule has 0 aliphatic rings. The number of hydrogen-bond acceptors (Lipinski definition) is 1. The maximum atomic E-state index is 11.0. The molecule has 82 valence electrons. The molecule has 0 spiro atoms. The van der Waals surface area contributed by atoms with Crippen LogP contribution in [-0.2, 0) is 4.79 Å². The quantitative estimate of drug-likeness (QED) is 0.861. The summed E-state index contributed by atoms with van der Waals surface area (Å²) >= 11 is 5.90. The maximum absolute atomic E-state index is 11.0. The lowest BCUT2D eigenvalue weighted by Gasteiger charge is -2.10.